The molecule has 3 N–H and O–H groups in total. The summed E-state index contributed by atoms with van der Waals surface area (Å²) in [5.74, 6) is -0.301. The fourth-order valence-corrected chi connectivity index (χ4v) is 1.81. The van der Waals surface area contributed by atoms with Gasteiger partial charge in [-0.15, -0.1) is 0 Å². The lowest BCUT2D eigenvalue weighted by Gasteiger charge is -2.27. The van der Waals surface area contributed by atoms with Crippen molar-refractivity contribution in [1.29, 1.82) is 0 Å². The molecule has 5 heteroatoms. The number of rotatable bonds is 11. The number of hydrogen-bond acceptors (Lipinski definition) is 5. The monoisotopic (exact) mass is 276 g/mol. The van der Waals surface area contributed by atoms with Gasteiger partial charge >= 0.3 is 5.97 Å². The summed E-state index contributed by atoms with van der Waals surface area (Å²) in [6, 6.07) is 0. The van der Waals surface area contributed by atoms with E-state index >= 15 is 0 Å². The van der Waals surface area contributed by atoms with Crippen molar-refractivity contribution in [3.63, 3.8) is 0 Å². The number of hydrogen-bond donors (Lipinski definition) is 3. The number of aliphatic hydroxyl groups is 3. The molecule has 0 aliphatic carbocycles. The van der Waals surface area contributed by atoms with Gasteiger partial charge in [0.1, 0.15) is 0 Å². The molecule has 0 aromatic heterocycles. The lowest BCUT2D eigenvalue weighted by Crippen LogP contribution is -2.35. The molecular weight excluding hydrogens is 248 g/mol. The quantitative estimate of drug-likeness (QED) is 0.492. The molecule has 0 aliphatic heterocycles. The van der Waals surface area contributed by atoms with Gasteiger partial charge in [0, 0.05) is 5.41 Å². The van der Waals surface area contributed by atoms with E-state index < -0.39 is 5.41 Å². The molecule has 0 aliphatic rings. The highest BCUT2D eigenvalue weighted by molar-refractivity contribution is 5.72. The van der Waals surface area contributed by atoms with Crippen LogP contribution < -0.4 is 0 Å². The van der Waals surface area contributed by atoms with Crippen LogP contribution in [0.15, 0.2) is 0 Å². The summed E-state index contributed by atoms with van der Waals surface area (Å²) >= 11 is 0. The van der Waals surface area contributed by atoms with Crippen LogP contribution in [0.25, 0.3) is 0 Å². The Kier molecular flexibility index (Phi) is 9.83. The summed E-state index contributed by atoms with van der Waals surface area (Å²) in [5, 5.41) is 27.5. The standard InChI is InChI=1S/C14H28O5/c1-3-5-6-12(4-2)13(18)19-8-7-14(9-15,10-16)11-17/h12,15-17H,3-11H2,1-2H3. The van der Waals surface area contributed by atoms with Gasteiger partial charge in [0.25, 0.3) is 0 Å². The SMILES string of the molecule is CCCCC(CC)C(=O)OCCC(CO)(CO)CO. The molecule has 0 heterocycles. The molecule has 0 fully saturated rings. The van der Waals surface area contributed by atoms with Crippen molar-refractivity contribution < 1.29 is 24.9 Å². The maximum Gasteiger partial charge on any atom is 0.308 e. The summed E-state index contributed by atoms with van der Waals surface area (Å²) in [4.78, 5) is 11.8. The molecule has 0 spiro atoms. The van der Waals surface area contributed by atoms with Crippen molar-refractivity contribution in [3.05, 3.63) is 0 Å². The van der Waals surface area contributed by atoms with Crippen molar-refractivity contribution in [2.75, 3.05) is 26.4 Å². The van der Waals surface area contributed by atoms with E-state index in [1.165, 1.54) is 0 Å². The number of aliphatic hydroxyl groups excluding tert-OH is 3. The van der Waals surface area contributed by atoms with Crippen LogP contribution in [-0.4, -0.2) is 47.7 Å². The Labute approximate surface area is 115 Å². The average molecular weight is 276 g/mol. The zero-order chi connectivity index (χ0) is 14.7. The Morgan fingerprint density at radius 1 is 1.16 bits per heavy atom. The minimum absolute atomic E-state index is 0.0771. The highest BCUT2D eigenvalue weighted by Gasteiger charge is 2.28. The molecule has 1 unspecified atom stereocenters. The van der Waals surface area contributed by atoms with Crippen molar-refractivity contribution >= 4 is 5.97 Å². The van der Waals surface area contributed by atoms with Crippen LogP contribution in [0.3, 0.4) is 0 Å². The Morgan fingerprint density at radius 3 is 2.16 bits per heavy atom. The smallest absolute Gasteiger partial charge is 0.308 e. The zero-order valence-electron chi connectivity index (χ0n) is 12.1. The third-order valence-corrected chi connectivity index (χ3v) is 3.62. The number of unbranched alkanes of at least 4 members (excludes halogenated alkanes) is 1. The Bertz CT molecular complexity index is 230. The zero-order valence-corrected chi connectivity index (χ0v) is 12.1. The lowest BCUT2D eigenvalue weighted by molar-refractivity contribution is -0.150. The normalized spacial score (nSPS) is 13.3. The van der Waals surface area contributed by atoms with E-state index in [9.17, 15) is 4.79 Å². The van der Waals surface area contributed by atoms with Crippen LogP contribution in [0, 0.1) is 11.3 Å². The van der Waals surface area contributed by atoms with Gasteiger partial charge in [-0.3, -0.25) is 4.79 Å². The highest BCUT2D eigenvalue weighted by atomic mass is 16.5. The first-order valence-electron chi connectivity index (χ1n) is 7.08. The van der Waals surface area contributed by atoms with Crippen LogP contribution in [-0.2, 0) is 9.53 Å². The van der Waals surface area contributed by atoms with Crippen molar-refractivity contribution in [1.82, 2.24) is 0 Å². The van der Waals surface area contributed by atoms with E-state index in [1.807, 2.05) is 6.92 Å². The van der Waals surface area contributed by atoms with Crippen molar-refractivity contribution in [3.8, 4) is 0 Å². The predicted octanol–water partition coefficient (Wildman–Crippen LogP) is 1.10. The van der Waals surface area contributed by atoms with E-state index in [4.69, 9.17) is 20.1 Å². The molecule has 0 amide bonds. The summed E-state index contributed by atoms with van der Waals surface area (Å²) in [5.41, 5.74) is -0.967. The molecule has 0 rings (SSSR count). The van der Waals surface area contributed by atoms with E-state index in [1.54, 1.807) is 0 Å². The van der Waals surface area contributed by atoms with E-state index in [0.717, 1.165) is 25.7 Å². The lowest BCUT2D eigenvalue weighted by atomic mass is 9.88. The predicted molar refractivity (Wildman–Crippen MR) is 72.6 cm³/mol. The van der Waals surface area contributed by atoms with Crippen LogP contribution in [0.5, 0.6) is 0 Å². The van der Waals surface area contributed by atoms with Gasteiger partial charge < -0.3 is 20.1 Å². The first-order valence-corrected chi connectivity index (χ1v) is 7.08. The third-order valence-electron chi connectivity index (χ3n) is 3.62. The van der Waals surface area contributed by atoms with Gasteiger partial charge in [0.2, 0.25) is 0 Å². The second kappa shape index (κ2) is 10.2. The maximum atomic E-state index is 11.8. The van der Waals surface area contributed by atoms with Gasteiger partial charge in [0.15, 0.2) is 0 Å². The number of carbonyl (C=O) groups is 1. The van der Waals surface area contributed by atoms with Crippen LogP contribution in [0.4, 0.5) is 0 Å². The largest absolute Gasteiger partial charge is 0.465 e. The van der Waals surface area contributed by atoms with Crippen LogP contribution >= 0.6 is 0 Å². The number of esters is 1. The van der Waals surface area contributed by atoms with Gasteiger partial charge in [-0.05, 0) is 19.3 Å². The summed E-state index contributed by atoms with van der Waals surface area (Å²) in [6.45, 7) is 3.17. The molecule has 0 aromatic rings. The molecule has 0 aromatic carbocycles. The van der Waals surface area contributed by atoms with E-state index in [2.05, 4.69) is 6.92 Å². The van der Waals surface area contributed by atoms with Crippen LogP contribution in [0.2, 0.25) is 0 Å². The Balaban J connectivity index is 4.13. The second-order valence-electron chi connectivity index (χ2n) is 5.14. The minimum atomic E-state index is -0.967. The van der Waals surface area contributed by atoms with Gasteiger partial charge in [0.05, 0.1) is 32.3 Å². The molecule has 5 nitrogen and oxygen atoms in total. The Morgan fingerprint density at radius 2 is 1.74 bits per heavy atom. The molecular formula is C14H28O5. The first-order chi connectivity index (χ1) is 9.09. The number of carbonyl (C=O) groups excluding carboxylic acids is 1. The highest BCUT2D eigenvalue weighted by Crippen LogP contribution is 2.21. The molecule has 0 bridgehead atoms. The average Bonchev–Trinajstić information content (AvgIpc) is 2.45. The number of ether oxygens (including phenoxy) is 1. The maximum absolute atomic E-state index is 11.8. The van der Waals surface area contributed by atoms with Crippen molar-refractivity contribution in [2.45, 2.75) is 46.0 Å². The molecule has 0 radical (unpaired) electrons. The van der Waals surface area contributed by atoms with E-state index in [-0.39, 0.29) is 44.7 Å². The van der Waals surface area contributed by atoms with Gasteiger partial charge in [-0.25, -0.2) is 0 Å². The first kappa shape index (κ1) is 18.4. The second-order valence-corrected chi connectivity index (χ2v) is 5.14. The fourth-order valence-electron chi connectivity index (χ4n) is 1.81. The van der Waals surface area contributed by atoms with Gasteiger partial charge in [-0.1, -0.05) is 26.7 Å². The topological polar surface area (TPSA) is 87.0 Å². The molecule has 114 valence electrons. The van der Waals surface area contributed by atoms with Crippen LogP contribution in [0.1, 0.15) is 46.0 Å². The molecule has 0 saturated carbocycles. The third kappa shape index (κ3) is 6.36. The minimum Gasteiger partial charge on any atom is -0.465 e. The van der Waals surface area contributed by atoms with Gasteiger partial charge in [-0.2, -0.15) is 0 Å². The molecule has 0 saturated heterocycles. The van der Waals surface area contributed by atoms with E-state index in [0.29, 0.717) is 0 Å². The summed E-state index contributed by atoms with van der Waals surface area (Å²) < 4.78 is 5.18. The molecule has 1 atom stereocenters. The molecule has 19 heavy (non-hydrogen) atoms. The fraction of sp³-hybridized carbons (Fsp3) is 0.929. The summed E-state index contributed by atoms with van der Waals surface area (Å²) in [6.07, 6.45) is 3.89. The van der Waals surface area contributed by atoms with Crippen molar-refractivity contribution in [2.24, 2.45) is 11.3 Å². The Hall–Kier alpha value is -0.650. The summed E-state index contributed by atoms with van der Waals surface area (Å²) in [7, 11) is 0.